The Balaban J connectivity index is 0. The number of rotatable bonds is 5. The number of nitrogens with zero attached hydrogens (tertiary/aromatic N) is 1. The van der Waals surface area contributed by atoms with E-state index in [0.29, 0.717) is 12.1 Å². The molecule has 0 heterocycles. The van der Waals surface area contributed by atoms with E-state index in [1.165, 1.54) is 5.57 Å². The van der Waals surface area contributed by atoms with Crippen LogP contribution in [-0.4, -0.2) is 31.9 Å². The fourth-order valence-corrected chi connectivity index (χ4v) is 1.78. The fraction of sp³-hybridized carbons (Fsp3) is 0.667. The van der Waals surface area contributed by atoms with E-state index in [0.717, 1.165) is 11.2 Å². The van der Waals surface area contributed by atoms with Crippen molar-refractivity contribution in [3.05, 3.63) is 23.3 Å². The van der Waals surface area contributed by atoms with Crippen molar-refractivity contribution in [1.82, 2.24) is 4.90 Å². The van der Waals surface area contributed by atoms with Crippen LogP contribution in [0.3, 0.4) is 0 Å². The first-order chi connectivity index (χ1) is 6.82. The van der Waals surface area contributed by atoms with Crippen LogP contribution in [0.5, 0.6) is 0 Å². The van der Waals surface area contributed by atoms with Crippen molar-refractivity contribution in [2.24, 2.45) is 0 Å². The summed E-state index contributed by atoms with van der Waals surface area (Å²) in [6.07, 6.45) is 0. The van der Waals surface area contributed by atoms with Crippen LogP contribution in [0.25, 0.3) is 0 Å². The molecule has 0 atom stereocenters. The van der Waals surface area contributed by atoms with E-state index < -0.39 is 0 Å². The van der Waals surface area contributed by atoms with Crippen LogP contribution in [0.15, 0.2) is 23.3 Å². The van der Waals surface area contributed by atoms with Crippen molar-refractivity contribution in [3.8, 4) is 0 Å². The molecule has 0 fully saturated rings. The zero-order valence-electron chi connectivity index (χ0n) is 11.5. The molecule has 3 radical (unpaired) electrons. The van der Waals surface area contributed by atoms with Gasteiger partial charge in [-0.05, 0) is 52.7 Å². The van der Waals surface area contributed by atoms with Gasteiger partial charge in [-0.25, -0.2) is 0 Å². The Morgan fingerprint density at radius 3 is 1.69 bits per heavy atom. The van der Waals surface area contributed by atoms with E-state index in [9.17, 15) is 0 Å². The fourth-order valence-electron chi connectivity index (χ4n) is 1.78. The molecule has 0 bridgehead atoms. The molecule has 0 amide bonds. The molecular weight excluding hydrogens is 228 g/mol. The minimum absolute atomic E-state index is 0. The normalized spacial score (nSPS) is 12.0. The molecular formula is C12H22B2NTi. The monoisotopic (exact) mass is 250 g/mol. The molecule has 0 aromatic heterocycles. The Hall–Kier alpha value is 0.124. The van der Waals surface area contributed by atoms with Gasteiger partial charge in [0.25, 0.3) is 0 Å². The van der Waals surface area contributed by atoms with Gasteiger partial charge in [-0.15, -0.1) is 0 Å². The summed E-state index contributed by atoms with van der Waals surface area (Å²) >= 11 is 0. The summed E-state index contributed by atoms with van der Waals surface area (Å²) in [5.41, 5.74) is 3.32. The van der Waals surface area contributed by atoms with Crippen LogP contribution >= 0.6 is 0 Å². The van der Waals surface area contributed by atoms with Crippen LogP contribution in [-0.2, 0) is 21.7 Å². The molecule has 0 aliphatic rings. The van der Waals surface area contributed by atoms with Crippen LogP contribution in [0.2, 0.25) is 0 Å². The molecule has 0 spiro atoms. The molecule has 0 N–H and O–H groups in total. The Morgan fingerprint density at radius 2 is 1.50 bits per heavy atom. The van der Waals surface area contributed by atoms with Gasteiger partial charge in [0, 0.05) is 41.5 Å². The molecule has 16 heavy (non-hydrogen) atoms. The summed E-state index contributed by atoms with van der Waals surface area (Å²) in [5.74, 6) is 0. The Bertz CT molecular complexity index is 252. The maximum atomic E-state index is 5.72. The predicted octanol–water partition coefficient (Wildman–Crippen LogP) is 2.70. The van der Waals surface area contributed by atoms with Crippen molar-refractivity contribution in [2.45, 2.75) is 53.6 Å². The first-order valence-corrected chi connectivity index (χ1v) is 5.52. The van der Waals surface area contributed by atoms with Gasteiger partial charge in [0.2, 0.25) is 0 Å². The predicted molar refractivity (Wildman–Crippen MR) is 71.1 cm³/mol. The number of allylic oxidation sites excluding steroid dienone is 2. The Morgan fingerprint density at radius 1 is 1.12 bits per heavy atom. The molecule has 0 aliphatic heterocycles. The SMILES string of the molecule is [B][B]C(=C(C)C(=C)C)N(C(C)C)C(C)C.[Ti]. The molecule has 0 aromatic rings. The van der Waals surface area contributed by atoms with Crippen LogP contribution in [0, 0.1) is 0 Å². The summed E-state index contributed by atoms with van der Waals surface area (Å²) < 4.78 is 0. The third kappa shape index (κ3) is 4.97. The summed E-state index contributed by atoms with van der Waals surface area (Å²) in [6.45, 7) is 16.7. The minimum atomic E-state index is 0. The maximum absolute atomic E-state index is 5.72. The number of hydrogen-bond acceptors (Lipinski definition) is 1. The molecule has 0 saturated heterocycles. The van der Waals surface area contributed by atoms with E-state index in [4.69, 9.17) is 7.74 Å². The molecule has 4 heteroatoms. The van der Waals surface area contributed by atoms with E-state index in [2.05, 4.69) is 46.1 Å². The van der Waals surface area contributed by atoms with Gasteiger partial charge >= 0.3 is 0 Å². The molecule has 0 aromatic carbocycles. The maximum Gasteiger partial charge on any atom is 0.118 e. The van der Waals surface area contributed by atoms with E-state index >= 15 is 0 Å². The standard InChI is InChI=1S/C12H22B2N.Ti/c1-8(2)11(7)12(14-13)15(9(3)4)10(5)6;/h9-10H,1H2,2-7H3;. The van der Waals surface area contributed by atoms with E-state index in [1.807, 2.05) is 6.92 Å². The van der Waals surface area contributed by atoms with Gasteiger partial charge in [-0.3, -0.25) is 0 Å². The smallest absolute Gasteiger partial charge is 0.118 e. The van der Waals surface area contributed by atoms with Crippen molar-refractivity contribution in [2.75, 3.05) is 0 Å². The quantitative estimate of drug-likeness (QED) is 0.535. The van der Waals surface area contributed by atoms with Gasteiger partial charge in [0.05, 0.1) is 0 Å². The Labute approximate surface area is 118 Å². The molecule has 85 valence electrons. The third-order valence-corrected chi connectivity index (χ3v) is 2.57. The summed E-state index contributed by atoms with van der Waals surface area (Å²) in [6, 6.07) is 0.878. The zero-order valence-corrected chi connectivity index (χ0v) is 13.0. The van der Waals surface area contributed by atoms with Crippen LogP contribution in [0.1, 0.15) is 41.5 Å². The second-order valence-electron chi connectivity index (χ2n) is 4.55. The van der Waals surface area contributed by atoms with Gasteiger partial charge in [-0.2, -0.15) is 0 Å². The van der Waals surface area contributed by atoms with E-state index in [-0.39, 0.29) is 21.7 Å². The largest absolute Gasteiger partial charge is 0.379 e. The van der Waals surface area contributed by atoms with Crippen molar-refractivity contribution >= 4 is 14.9 Å². The second kappa shape index (κ2) is 8.25. The summed E-state index contributed by atoms with van der Waals surface area (Å²) in [5, 5.41) is 0. The third-order valence-electron chi connectivity index (χ3n) is 2.57. The molecule has 1 nitrogen and oxygen atoms in total. The van der Waals surface area contributed by atoms with Gasteiger partial charge < -0.3 is 4.90 Å². The van der Waals surface area contributed by atoms with Crippen molar-refractivity contribution < 1.29 is 21.7 Å². The van der Waals surface area contributed by atoms with Crippen molar-refractivity contribution in [3.63, 3.8) is 0 Å². The van der Waals surface area contributed by atoms with Crippen LogP contribution < -0.4 is 0 Å². The molecule has 0 rings (SSSR count). The summed E-state index contributed by atoms with van der Waals surface area (Å²) in [7, 11) is 7.41. The molecule has 0 saturated carbocycles. The zero-order chi connectivity index (χ0) is 12.2. The average Bonchev–Trinajstić information content (AvgIpc) is 2.10. The van der Waals surface area contributed by atoms with Gasteiger partial charge in [0.15, 0.2) is 0 Å². The van der Waals surface area contributed by atoms with E-state index in [1.54, 1.807) is 7.17 Å². The minimum Gasteiger partial charge on any atom is -0.379 e. The van der Waals surface area contributed by atoms with Gasteiger partial charge in [0.1, 0.15) is 7.17 Å². The first kappa shape index (κ1) is 18.5. The topological polar surface area (TPSA) is 3.24 Å². The molecule has 0 aliphatic carbocycles. The van der Waals surface area contributed by atoms with Crippen molar-refractivity contribution in [1.29, 1.82) is 0 Å². The number of hydrogen-bond donors (Lipinski definition) is 0. The first-order valence-electron chi connectivity index (χ1n) is 5.52. The molecule has 0 unspecified atom stereocenters. The van der Waals surface area contributed by atoms with Crippen LogP contribution in [0.4, 0.5) is 0 Å². The Kier molecular flexibility index (Phi) is 9.53. The average molecular weight is 250 g/mol. The van der Waals surface area contributed by atoms with Gasteiger partial charge in [-0.1, -0.05) is 12.2 Å². The summed E-state index contributed by atoms with van der Waals surface area (Å²) in [4.78, 5) is 2.31. The second-order valence-corrected chi connectivity index (χ2v) is 4.55.